The Kier molecular flexibility index (Phi) is 4.90. The molecule has 1 N–H and O–H groups in total. The van der Waals surface area contributed by atoms with Crippen LogP contribution in [0, 0.1) is 0 Å². The lowest BCUT2D eigenvalue weighted by Crippen LogP contribution is -2.51. The predicted octanol–water partition coefficient (Wildman–Crippen LogP) is 0.233. The van der Waals surface area contributed by atoms with Gasteiger partial charge in [-0.25, -0.2) is 0 Å². The molecule has 82 valence electrons. The molecule has 0 aromatic heterocycles. The standard InChI is InChI=1S/C10H20N2O2/c1-3-14-7-4-10(13)12-6-5-11-9(2)8-12/h9,11H,3-8H2,1-2H3/t9-/m0/s1. The predicted molar refractivity (Wildman–Crippen MR) is 55.2 cm³/mol. The molecule has 1 aliphatic heterocycles. The first-order valence-electron chi connectivity index (χ1n) is 5.33. The molecule has 0 spiro atoms. The molecule has 4 nitrogen and oxygen atoms in total. The fraction of sp³-hybridized carbons (Fsp3) is 0.900. The second-order valence-electron chi connectivity index (χ2n) is 3.64. The SMILES string of the molecule is CCOCCC(=O)N1CCN[C@@H](C)C1. The van der Waals surface area contributed by atoms with Gasteiger partial charge in [-0.3, -0.25) is 4.79 Å². The molecule has 0 aromatic carbocycles. The molecule has 0 saturated carbocycles. The summed E-state index contributed by atoms with van der Waals surface area (Å²) in [5, 5.41) is 3.31. The van der Waals surface area contributed by atoms with Crippen molar-refractivity contribution in [1.82, 2.24) is 10.2 Å². The molecule has 14 heavy (non-hydrogen) atoms. The number of nitrogens with one attached hydrogen (secondary N) is 1. The Morgan fingerprint density at radius 3 is 3.07 bits per heavy atom. The highest BCUT2D eigenvalue weighted by Gasteiger charge is 2.19. The summed E-state index contributed by atoms with van der Waals surface area (Å²) in [5.41, 5.74) is 0. The Balaban J connectivity index is 2.22. The molecule has 0 radical (unpaired) electrons. The average molecular weight is 200 g/mol. The monoisotopic (exact) mass is 200 g/mol. The summed E-state index contributed by atoms with van der Waals surface area (Å²) in [6.07, 6.45) is 0.514. The number of hydrogen-bond acceptors (Lipinski definition) is 3. The largest absolute Gasteiger partial charge is 0.381 e. The quantitative estimate of drug-likeness (QED) is 0.661. The first kappa shape index (κ1) is 11.5. The van der Waals surface area contributed by atoms with E-state index in [1.807, 2.05) is 11.8 Å². The van der Waals surface area contributed by atoms with E-state index in [1.165, 1.54) is 0 Å². The smallest absolute Gasteiger partial charge is 0.224 e. The molecule has 1 saturated heterocycles. The van der Waals surface area contributed by atoms with Crippen molar-refractivity contribution < 1.29 is 9.53 Å². The Bertz CT molecular complexity index is 185. The fourth-order valence-corrected chi connectivity index (χ4v) is 1.62. The van der Waals surface area contributed by atoms with E-state index >= 15 is 0 Å². The zero-order valence-corrected chi connectivity index (χ0v) is 9.08. The van der Waals surface area contributed by atoms with Crippen LogP contribution < -0.4 is 5.32 Å². The van der Waals surface area contributed by atoms with Crippen LogP contribution in [-0.2, 0) is 9.53 Å². The number of nitrogens with zero attached hydrogens (tertiary/aromatic N) is 1. The second kappa shape index (κ2) is 5.98. The summed E-state index contributed by atoms with van der Waals surface area (Å²) in [6, 6.07) is 0.416. The van der Waals surface area contributed by atoms with Crippen LogP contribution in [0.25, 0.3) is 0 Å². The van der Waals surface area contributed by atoms with Crippen molar-refractivity contribution >= 4 is 5.91 Å². The van der Waals surface area contributed by atoms with E-state index in [0.29, 0.717) is 25.7 Å². The molecule has 1 fully saturated rings. The Hall–Kier alpha value is -0.610. The van der Waals surface area contributed by atoms with E-state index in [1.54, 1.807) is 0 Å². The molecule has 0 bridgehead atoms. The highest BCUT2D eigenvalue weighted by Crippen LogP contribution is 2.01. The first-order valence-corrected chi connectivity index (χ1v) is 5.33. The third-order valence-corrected chi connectivity index (χ3v) is 2.39. The average Bonchev–Trinajstić information content (AvgIpc) is 2.18. The van der Waals surface area contributed by atoms with Gasteiger partial charge in [0, 0.05) is 32.3 Å². The van der Waals surface area contributed by atoms with E-state index in [9.17, 15) is 4.79 Å². The Labute approximate surface area is 85.6 Å². The van der Waals surface area contributed by atoms with Crippen molar-refractivity contribution in [3.63, 3.8) is 0 Å². The van der Waals surface area contributed by atoms with Crippen molar-refractivity contribution in [1.29, 1.82) is 0 Å². The second-order valence-corrected chi connectivity index (χ2v) is 3.64. The molecule has 0 aliphatic carbocycles. The zero-order valence-electron chi connectivity index (χ0n) is 9.08. The minimum atomic E-state index is 0.215. The van der Waals surface area contributed by atoms with Gasteiger partial charge >= 0.3 is 0 Å². The van der Waals surface area contributed by atoms with E-state index in [2.05, 4.69) is 12.2 Å². The third kappa shape index (κ3) is 3.64. The van der Waals surface area contributed by atoms with E-state index in [-0.39, 0.29) is 5.91 Å². The van der Waals surface area contributed by atoms with Gasteiger partial charge in [0.25, 0.3) is 0 Å². The van der Waals surface area contributed by atoms with Gasteiger partial charge in [0.2, 0.25) is 5.91 Å². The van der Waals surface area contributed by atoms with Crippen LogP contribution in [0.2, 0.25) is 0 Å². The maximum Gasteiger partial charge on any atom is 0.224 e. The molecule has 1 heterocycles. The summed E-state index contributed by atoms with van der Waals surface area (Å²) in [6.45, 7) is 7.83. The van der Waals surface area contributed by atoms with Gasteiger partial charge < -0.3 is 15.0 Å². The zero-order chi connectivity index (χ0) is 10.4. The van der Waals surface area contributed by atoms with Gasteiger partial charge in [-0.1, -0.05) is 0 Å². The van der Waals surface area contributed by atoms with Crippen LogP contribution in [-0.4, -0.2) is 49.7 Å². The van der Waals surface area contributed by atoms with Crippen LogP contribution in [0.3, 0.4) is 0 Å². The minimum Gasteiger partial charge on any atom is -0.381 e. The highest BCUT2D eigenvalue weighted by atomic mass is 16.5. The van der Waals surface area contributed by atoms with Crippen LogP contribution in [0.4, 0.5) is 0 Å². The number of piperazine rings is 1. The van der Waals surface area contributed by atoms with Crippen molar-refractivity contribution in [2.45, 2.75) is 26.3 Å². The van der Waals surface area contributed by atoms with E-state index in [0.717, 1.165) is 19.6 Å². The molecule has 1 atom stereocenters. The molecule has 0 unspecified atom stereocenters. The number of carbonyl (C=O) groups is 1. The maximum absolute atomic E-state index is 11.6. The Morgan fingerprint density at radius 1 is 1.64 bits per heavy atom. The van der Waals surface area contributed by atoms with Gasteiger partial charge in [0.15, 0.2) is 0 Å². The van der Waals surface area contributed by atoms with Gasteiger partial charge in [-0.15, -0.1) is 0 Å². The number of rotatable bonds is 4. The van der Waals surface area contributed by atoms with Crippen LogP contribution in [0.15, 0.2) is 0 Å². The minimum absolute atomic E-state index is 0.215. The first-order chi connectivity index (χ1) is 6.74. The fourth-order valence-electron chi connectivity index (χ4n) is 1.62. The molecular weight excluding hydrogens is 180 g/mol. The molecule has 0 aromatic rings. The molecule has 1 rings (SSSR count). The lowest BCUT2D eigenvalue weighted by molar-refractivity contribution is -0.133. The van der Waals surface area contributed by atoms with Crippen molar-refractivity contribution in [2.24, 2.45) is 0 Å². The van der Waals surface area contributed by atoms with Gasteiger partial charge in [-0.2, -0.15) is 0 Å². The van der Waals surface area contributed by atoms with Gasteiger partial charge in [-0.05, 0) is 13.8 Å². The van der Waals surface area contributed by atoms with Crippen molar-refractivity contribution in [3.05, 3.63) is 0 Å². The van der Waals surface area contributed by atoms with Crippen molar-refractivity contribution in [3.8, 4) is 0 Å². The normalized spacial score (nSPS) is 22.4. The summed E-state index contributed by atoms with van der Waals surface area (Å²) >= 11 is 0. The van der Waals surface area contributed by atoms with Crippen LogP contribution in [0.5, 0.6) is 0 Å². The number of ether oxygens (including phenoxy) is 1. The molecular formula is C10H20N2O2. The summed E-state index contributed by atoms with van der Waals surface area (Å²) < 4.78 is 5.16. The summed E-state index contributed by atoms with van der Waals surface area (Å²) in [5.74, 6) is 0.215. The maximum atomic E-state index is 11.6. The summed E-state index contributed by atoms with van der Waals surface area (Å²) in [7, 11) is 0. The third-order valence-electron chi connectivity index (χ3n) is 2.39. The van der Waals surface area contributed by atoms with Crippen LogP contribution >= 0.6 is 0 Å². The number of carbonyl (C=O) groups excluding carboxylic acids is 1. The molecule has 4 heteroatoms. The summed E-state index contributed by atoms with van der Waals surface area (Å²) in [4.78, 5) is 13.6. The van der Waals surface area contributed by atoms with E-state index < -0.39 is 0 Å². The van der Waals surface area contributed by atoms with Gasteiger partial charge in [0.05, 0.1) is 13.0 Å². The van der Waals surface area contributed by atoms with Crippen LogP contribution in [0.1, 0.15) is 20.3 Å². The van der Waals surface area contributed by atoms with Crippen molar-refractivity contribution in [2.75, 3.05) is 32.8 Å². The molecule has 1 amide bonds. The van der Waals surface area contributed by atoms with Gasteiger partial charge in [0.1, 0.15) is 0 Å². The lowest BCUT2D eigenvalue weighted by atomic mass is 10.2. The van der Waals surface area contributed by atoms with E-state index in [4.69, 9.17) is 4.74 Å². The molecule has 1 aliphatic rings. The number of hydrogen-bond donors (Lipinski definition) is 1. The topological polar surface area (TPSA) is 41.6 Å². The lowest BCUT2D eigenvalue weighted by Gasteiger charge is -2.31. The number of amides is 1. The highest BCUT2D eigenvalue weighted by molar-refractivity contribution is 5.76. The Morgan fingerprint density at radius 2 is 2.43 bits per heavy atom.